The molecule has 0 fully saturated rings. The molecule has 0 radical (unpaired) electrons. The van der Waals surface area contributed by atoms with E-state index in [0.717, 1.165) is 11.4 Å². The molecule has 1 nitrogen and oxygen atoms in total. The fourth-order valence-corrected chi connectivity index (χ4v) is 7.45. The second-order valence-electron chi connectivity index (χ2n) is 13.9. The smallest absolute Gasteiger partial charge is 0.0577 e. The lowest BCUT2D eigenvalue weighted by Crippen LogP contribution is -2.19. The van der Waals surface area contributed by atoms with Crippen LogP contribution in [0.1, 0.15) is 26.3 Å². The Kier molecular flexibility index (Phi) is 6.14. The molecule has 1 aliphatic carbocycles. The third kappa shape index (κ3) is 4.54. The number of para-hydroxylation sites is 1. The van der Waals surface area contributed by atoms with Crippen LogP contribution in [0.2, 0.25) is 0 Å². The summed E-state index contributed by atoms with van der Waals surface area (Å²) in [6.45, 7) is 6.94. The Labute approximate surface area is 276 Å². The zero-order chi connectivity index (χ0) is 31.7. The molecular formula is C46H35N. The second-order valence-corrected chi connectivity index (χ2v) is 13.9. The van der Waals surface area contributed by atoms with Crippen molar-refractivity contribution in [2.45, 2.75) is 26.2 Å². The van der Waals surface area contributed by atoms with Gasteiger partial charge in [0.25, 0.3) is 0 Å². The first-order chi connectivity index (χ1) is 22.9. The summed E-state index contributed by atoms with van der Waals surface area (Å²) >= 11 is 0. The van der Waals surface area contributed by atoms with E-state index in [4.69, 9.17) is 0 Å². The van der Waals surface area contributed by atoms with Crippen molar-refractivity contribution in [1.29, 1.82) is 0 Å². The standard InChI is InChI=1S/C46H35N/c1-46(2,3)44-23-21-31-14-10-11-17-39(31)45(44)47(37-15-8-5-9-16-37)38-22-20-34-27-41-40-26-33-19-18-32(30-12-6-4-7-13-30)24-35(33)28-42(40)43(41)29-36(34)25-38/h4-29H,1-3H3. The maximum absolute atomic E-state index is 2.47. The molecule has 0 saturated heterocycles. The van der Waals surface area contributed by atoms with E-state index in [-0.39, 0.29) is 5.41 Å². The third-order valence-electron chi connectivity index (χ3n) is 9.83. The Morgan fingerprint density at radius 2 is 0.936 bits per heavy atom. The number of fused-ring (bicyclic) bond motifs is 7. The van der Waals surface area contributed by atoms with Gasteiger partial charge in [-0.15, -0.1) is 0 Å². The van der Waals surface area contributed by atoms with Gasteiger partial charge in [-0.3, -0.25) is 0 Å². The van der Waals surface area contributed by atoms with Gasteiger partial charge in [0, 0.05) is 16.8 Å². The molecule has 0 N–H and O–H groups in total. The molecule has 0 amide bonds. The largest absolute Gasteiger partial charge is 0.310 e. The van der Waals surface area contributed by atoms with E-state index in [0.29, 0.717) is 0 Å². The van der Waals surface area contributed by atoms with E-state index in [9.17, 15) is 0 Å². The molecule has 8 aromatic carbocycles. The Morgan fingerprint density at radius 1 is 0.383 bits per heavy atom. The predicted octanol–water partition coefficient (Wildman–Crippen LogP) is 13.2. The van der Waals surface area contributed by atoms with Crippen LogP contribution in [-0.2, 0) is 5.41 Å². The van der Waals surface area contributed by atoms with Crippen LogP contribution >= 0.6 is 0 Å². The van der Waals surface area contributed by atoms with Crippen molar-refractivity contribution in [3.05, 3.63) is 163 Å². The maximum atomic E-state index is 2.47. The van der Waals surface area contributed by atoms with Gasteiger partial charge in [-0.1, -0.05) is 124 Å². The van der Waals surface area contributed by atoms with E-state index in [1.165, 1.54) is 76.9 Å². The van der Waals surface area contributed by atoms with Crippen molar-refractivity contribution in [3.63, 3.8) is 0 Å². The number of hydrogen-bond donors (Lipinski definition) is 0. The molecule has 47 heavy (non-hydrogen) atoms. The first-order valence-corrected chi connectivity index (χ1v) is 16.5. The molecule has 224 valence electrons. The van der Waals surface area contributed by atoms with Crippen molar-refractivity contribution >= 4 is 49.4 Å². The summed E-state index contributed by atoms with van der Waals surface area (Å²) in [6, 6.07) is 58.2. The molecule has 1 aliphatic rings. The van der Waals surface area contributed by atoms with Crippen LogP contribution in [0.15, 0.2) is 158 Å². The predicted molar refractivity (Wildman–Crippen MR) is 202 cm³/mol. The molecule has 0 spiro atoms. The van der Waals surface area contributed by atoms with Gasteiger partial charge in [0.15, 0.2) is 0 Å². The average Bonchev–Trinajstić information content (AvgIpc) is 3.10. The highest BCUT2D eigenvalue weighted by Gasteiger charge is 2.27. The lowest BCUT2D eigenvalue weighted by atomic mass is 9.77. The number of anilines is 3. The van der Waals surface area contributed by atoms with Gasteiger partial charge >= 0.3 is 0 Å². The van der Waals surface area contributed by atoms with Crippen LogP contribution in [0.25, 0.3) is 65.7 Å². The minimum absolute atomic E-state index is 0.0426. The summed E-state index contributed by atoms with van der Waals surface area (Å²) in [7, 11) is 0. The van der Waals surface area contributed by atoms with Crippen LogP contribution in [-0.4, -0.2) is 0 Å². The number of hydrogen-bond acceptors (Lipinski definition) is 1. The van der Waals surface area contributed by atoms with Gasteiger partial charge < -0.3 is 4.90 Å². The molecule has 1 heteroatoms. The van der Waals surface area contributed by atoms with Gasteiger partial charge in [0.05, 0.1) is 5.69 Å². The Balaban J connectivity index is 1.21. The van der Waals surface area contributed by atoms with Crippen molar-refractivity contribution in [3.8, 4) is 33.4 Å². The Bertz CT molecular complexity index is 2480. The molecular weight excluding hydrogens is 567 g/mol. The molecule has 8 aromatic rings. The third-order valence-corrected chi connectivity index (χ3v) is 9.83. The normalized spacial score (nSPS) is 12.1. The molecule has 0 aromatic heterocycles. The number of nitrogens with zero attached hydrogens (tertiary/aromatic N) is 1. The van der Waals surface area contributed by atoms with E-state index in [1.807, 2.05) is 0 Å². The molecule has 0 bridgehead atoms. The summed E-state index contributed by atoms with van der Waals surface area (Å²) in [6.07, 6.45) is 0. The summed E-state index contributed by atoms with van der Waals surface area (Å²) in [5, 5.41) is 7.59. The summed E-state index contributed by atoms with van der Waals surface area (Å²) < 4.78 is 0. The number of benzene rings is 8. The SMILES string of the molecule is CC(C)(C)c1ccc2ccccc2c1N(c1ccccc1)c1ccc2cc3c(cc2c1)-c1cc2cc(-c4ccccc4)ccc2cc1-3. The highest BCUT2D eigenvalue weighted by molar-refractivity contribution is 6.12. The van der Waals surface area contributed by atoms with Crippen LogP contribution < -0.4 is 4.90 Å². The Morgan fingerprint density at radius 3 is 1.62 bits per heavy atom. The van der Waals surface area contributed by atoms with Gasteiger partial charge in [-0.2, -0.15) is 0 Å². The highest BCUT2D eigenvalue weighted by atomic mass is 15.1. The maximum Gasteiger partial charge on any atom is 0.0577 e. The van der Waals surface area contributed by atoms with Crippen LogP contribution in [0.3, 0.4) is 0 Å². The van der Waals surface area contributed by atoms with Crippen molar-refractivity contribution < 1.29 is 0 Å². The van der Waals surface area contributed by atoms with Crippen LogP contribution in [0, 0.1) is 0 Å². The quantitative estimate of drug-likeness (QED) is 0.194. The van der Waals surface area contributed by atoms with Crippen molar-refractivity contribution in [2.24, 2.45) is 0 Å². The molecule has 0 heterocycles. The van der Waals surface area contributed by atoms with E-state index < -0.39 is 0 Å². The molecule has 0 unspecified atom stereocenters. The van der Waals surface area contributed by atoms with Gasteiger partial charge in [-0.05, 0) is 126 Å². The van der Waals surface area contributed by atoms with Gasteiger partial charge in [-0.25, -0.2) is 0 Å². The zero-order valence-electron chi connectivity index (χ0n) is 27.0. The van der Waals surface area contributed by atoms with Crippen molar-refractivity contribution in [1.82, 2.24) is 0 Å². The fraction of sp³-hybridized carbons (Fsp3) is 0.0870. The zero-order valence-corrected chi connectivity index (χ0v) is 27.0. The minimum Gasteiger partial charge on any atom is -0.310 e. The Hall–Kier alpha value is -5.66. The molecule has 0 saturated carbocycles. The van der Waals surface area contributed by atoms with E-state index in [2.05, 4.69) is 183 Å². The van der Waals surface area contributed by atoms with Gasteiger partial charge in [0.2, 0.25) is 0 Å². The molecule has 0 aliphatic heterocycles. The first-order valence-electron chi connectivity index (χ1n) is 16.5. The lowest BCUT2D eigenvalue weighted by molar-refractivity contribution is 0.592. The molecule has 9 rings (SSSR count). The van der Waals surface area contributed by atoms with Gasteiger partial charge in [0.1, 0.15) is 0 Å². The summed E-state index contributed by atoms with van der Waals surface area (Å²) in [5.41, 5.74) is 12.7. The number of rotatable bonds is 4. The first kappa shape index (κ1) is 27.6. The molecule has 0 atom stereocenters. The highest BCUT2D eigenvalue weighted by Crippen LogP contribution is 2.51. The van der Waals surface area contributed by atoms with Crippen LogP contribution in [0.4, 0.5) is 17.1 Å². The van der Waals surface area contributed by atoms with E-state index >= 15 is 0 Å². The second kappa shape index (κ2) is 10.4. The fourth-order valence-electron chi connectivity index (χ4n) is 7.45. The van der Waals surface area contributed by atoms with Crippen LogP contribution in [0.5, 0.6) is 0 Å². The van der Waals surface area contributed by atoms with Crippen molar-refractivity contribution in [2.75, 3.05) is 4.90 Å². The average molecular weight is 602 g/mol. The monoisotopic (exact) mass is 601 g/mol. The minimum atomic E-state index is -0.0426. The topological polar surface area (TPSA) is 3.24 Å². The summed E-state index contributed by atoms with van der Waals surface area (Å²) in [5.74, 6) is 0. The summed E-state index contributed by atoms with van der Waals surface area (Å²) in [4.78, 5) is 2.47. The lowest BCUT2D eigenvalue weighted by Gasteiger charge is -2.33. The van der Waals surface area contributed by atoms with E-state index in [1.54, 1.807) is 0 Å².